The van der Waals surface area contributed by atoms with E-state index in [2.05, 4.69) is 18.8 Å². The van der Waals surface area contributed by atoms with E-state index >= 15 is 0 Å². The van der Waals surface area contributed by atoms with Crippen molar-refractivity contribution < 1.29 is 4.79 Å². The van der Waals surface area contributed by atoms with Crippen LogP contribution in [0.25, 0.3) is 10.9 Å². The molecule has 0 radical (unpaired) electrons. The monoisotopic (exact) mass is 284 g/mol. The average Bonchev–Trinajstić information content (AvgIpc) is 2.98. The van der Waals surface area contributed by atoms with Gasteiger partial charge in [0.05, 0.1) is 0 Å². The molecule has 1 aromatic carbocycles. The number of hydrogen-bond acceptors (Lipinski definition) is 1. The minimum atomic E-state index is 0.145. The van der Waals surface area contributed by atoms with Gasteiger partial charge in [-0.3, -0.25) is 4.79 Å². The highest BCUT2D eigenvalue weighted by atomic mass is 16.2. The van der Waals surface area contributed by atoms with E-state index in [1.807, 2.05) is 35.2 Å². The third-order valence-electron chi connectivity index (χ3n) is 5.37. The number of para-hydroxylation sites is 1. The van der Waals surface area contributed by atoms with E-state index in [1.165, 1.54) is 12.8 Å². The van der Waals surface area contributed by atoms with Crippen molar-refractivity contribution >= 4 is 16.8 Å². The van der Waals surface area contributed by atoms with Crippen molar-refractivity contribution in [3.63, 3.8) is 0 Å². The second kappa shape index (κ2) is 5.55. The molecule has 1 aliphatic rings. The number of rotatable bonds is 3. The first-order chi connectivity index (χ1) is 10.2. The summed E-state index contributed by atoms with van der Waals surface area (Å²) >= 11 is 0. The molecule has 2 heterocycles. The maximum absolute atomic E-state index is 12.7. The summed E-state index contributed by atoms with van der Waals surface area (Å²) in [6.45, 7) is 6.32. The minimum Gasteiger partial charge on any atom is -0.351 e. The van der Waals surface area contributed by atoms with Gasteiger partial charge in [0.25, 0.3) is 5.91 Å². The van der Waals surface area contributed by atoms with Gasteiger partial charge in [-0.05, 0) is 30.4 Å². The van der Waals surface area contributed by atoms with E-state index in [4.69, 9.17) is 0 Å². The number of H-pyrrole nitrogens is 1. The largest absolute Gasteiger partial charge is 0.351 e. The molecule has 0 spiro atoms. The van der Waals surface area contributed by atoms with Gasteiger partial charge in [-0.1, -0.05) is 44.9 Å². The number of piperidine rings is 1. The van der Waals surface area contributed by atoms with Gasteiger partial charge < -0.3 is 9.88 Å². The first-order valence-electron chi connectivity index (χ1n) is 8.04. The predicted octanol–water partition coefficient (Wildman–Crippen LogP) is 4.21. The van der Waals surface area contributed by atoms with E-state index in [1.54, 1.807) is 0 Å². The van der Waals surface area contributed by atoms with Gasteiger partial charge in [-0.15, -0.1) is 0 Å². The van der Waals surface area contributed by atoms with E-state index in [-0.39, 0.29) is 5.91 Å². The van der Waals surface area contributed by atoms with Crippen molar-refractivity contribution in [2.24, 2.45) is 5.41 Å². The van der Waals surface area contributed by atoms with Crippen molar-refractivity contribution in [1.82, 2.24) is 9.88 Å². The molecule has 0 saturated carbocycles. The van der Waals surface area contributed by atoms with E-state index < -0.39 is 0 Å². The van der Waals surface area contributed by atoms with Crippen LogP contribution in [-0.4, -0.2) is 28.9 Å². The molecule has 3 nitrogen and oxygen atoms in total. The van der Waals surface area contributed by atoms with Gasteiger partial charge in [0, 0.05) is 24.0 Å². The van der Waals surface area contributed by atoms with Crippen LogP contribution in [0.5, 0.6) is 0 Å². The van der Waals surface area contributed by atoms with Gasteiger partial charge in [0.15, 0.2) is 0 Å². The molecule has 112 valence electrons. The highest BCUT2D eigenvalue weighted by Crippen LogP contribution is 2.38. The Morgan fingerprint density at radius 1 is 1.19 bits per heavy atom. The van der Waals surface area contributed by atoms with Crippen LogP contribution in [-0.2, 0) is 0 Å². The molecule has 0 atom stereocenters. The maximum Gasteiger partial charge on any atom is 0.270 e. The Balaban J connectivity index is 1.74. The summed E-state index contributed by atoms with van der Waals surface area (Å²) in [6, 6.07) is 10.0. The van der Waals surface area contributed by atoms with Crippen LogP contribution in [0.2, 0.25) is 0 Å². The molecule has 1 amide bonds. The topological polar surface area (TPSA) is 36.1 Å². The summed E-state index contributed by atoms with van der Waals surface area (Å²) in [6.07, 6.45) is 4.70. The van der Waals surface area contributed by atoms with Gasteiger partial charge in [0.1, 0.15) is 5.69 Å². The molecular formula is C18H24N2O. The number of benzene rings is 1. The number of fused-ring (bicyclic) bond motifs is 1. The number of likely N-dealkylation sites (tertiary alicyclic amines) is 1. The van der Waals surface area contributed by atoms with Crippen LogP contribution in [0.1, 0.15) is 50.0 Å². The predicted molar refractivity (Wildman–Crippen MR) is 86.5 cm³/mol. The van der Waals surface area contributed by atoms with Crippen LogP contribution in [0.3, 0.4) is 0 Å². The second-order valence-corrected chi connectivity index (χ2v) is 6.27. The summed E-state index contributed by atoms with van der Waals surface area (Å²) in [5, 5.41) is 1.11. The van der Waals surface area contributed by atoms with Crippen LogP contribution >= 0.6 is 0 Å². The summed E-state index contributed by atoms with van der Waals surface area (Å²) in [5.41, 5.74) is 2.21. The van der Waals surface area contributed by atoms with Crippen molar-refractivity contribution in [3.8, 4) is 0 Å². The molecule has 3 rings (SSSR count). The SMILES string of the molecule is CCC1(CC)CCN(C(=O)c2cc3ccccc3[nH]2)CC1. The van der Waals surface area contributed by atoms with Gasteiger partial charge in [0.2, 0.25) is 0 Å². The quantitative estimate of drug-likeness (QED) is 0.900. The zero-order valence-electron chi connectivity index (χ0n) is 13.0. The molecule has 1 N–H and O–H groups in total. The number of amides is 1. The van der Waals surface area contributed by atoms with Crippen molar-refractivity contribution in [2.45, 2.75) is 39.5 Å². The Morgan fingerprint density at radius 2 is 1.86 bits per heavy atom. The summed E-state index contributed by atoms with van der Waals surface area (Å²) in [7, 11) is 0. The van der Waals surface area contributed by atoms with Crippen molar-refractivity contribution in [1.29, 1.82) is 0 Å². The average molecular weight is 284 g/mol. The number of carbonyl (C=O) groups is 1. The Hall–Kier alpha value is -1.77. The molecular weight excluding hydrogens is 260 g/mol. The zero-order chi connectivity index (χ0) is 14.9. The molecule has 0 unspecified atom stereocenters. The smallest absolute Gasteiger partial charge is 0.270 e. The Morgan fingerprint density at radius 3 is 2.48 bits per heavy atom. The third kappa shape index (κ3) is 2.57. The summed E-state index contributed by atoms with van der Waals surface area (Å²) in [4.78, 5) is 17.9. The highest BCUT2D eigenvalue weighted by Gasteiger charge is 2.33. The normalized spacial score (nSPS) is 18.1. The molecule has 0 aliphatic carbocycles. The Kier molecular flexibility index (Phi) is 3.75. The second-order valence-electron chi connectivity index (χ2n) is 6.27. The van der Waals surface area contributed by atoms with Gasteiger partial charge >= 0.3 is 0 Å². The molecule has 2 aromatic rings. The lowest BCUT2D eigenvalue weighted by molar-refractivity contribution is 0.0553. The number of nitrogens with one attached hydrogen (secondary N) is 1. The molecule has 1 aromatic heterocycles. The number of carbonyl (C=O) groups excluding carboxylic acids is 1. The lowest BCUT2D eigenvalue weighted by atomic mass is 9.74. The number of nitrogens with zero attached hydrogens (tertiary/aromatic N) is 1. The number of aromatic nitrogens is 1. The fourth-order valence-electron chi connectivity index (χ4n) is 3.50. The summed E-state index contributed by atoms with van der Waals surface area (Å²) < 4.78 is 0. The number of hydrogen-bond donors (Lipinski definition) is 1. The first kappa shape index (κ1) is 14.2. The molecule has 21 heavy (non-hydrogen) atoms. The molecule has 1 saturated heterocycles. The van der Waals surface area contributed by atoms with Crippen LogP contribution < -0.4 is 0 Å². The molecule has 3 heteroatoms. The van der Waals surface area contributed by atoms with Crippen LogP contribution in [0, 0.1) is 5.41 Å². The van der Waals surface area contributed by atoms with Crippen molar-refractivity contribution in [2.75, 3.05) is 13.1 Å². The number of aromatic amines is 1. The third-order valence-corrected chi connectivity index (χ3v) is 5.37. The van der Waals surface area contributed by atoms with Crippen LogP contribution in [0.15, 0.2) is 30.3 Å². The van der Waals surface area contributed by atoms with E-state index in [0.29, 0.717) is 5.41 Å². The Bertz CT molecular complexity index is 596. The van der Waals surface area contributed by atoms with Crippen molar-refractivity contribution in [3.05, 3.63) is 36.0 Å². The minimum absolute atomic E-state index is 0.145. The fourth-order valence-corrected chi connectivity index (χ4v) is 3.50. The molecule has 0 bridgehead atoms. The highest BCUT2D eigenvalue weighted by molar-refractivity contribution is 5.98. The lowest BCUT2D eigenvalue weighted by Crippen LogP contribution is -2.42. The van der Waals surface area contributed by atoms with E-state index in [9.17, 15) is 4.79 Å². The fraction of sp³-hybridized carbons (Fsp3) is 0.500. The zero-order valence-corrected chi connectivity index (χ0v) is 13.0. The molecule has 1 aliphatic heterocycles. The van der Waals surface area contributed by atoms with Gasteiger partial charge in [-0.2, -0.15) is 0 Å². The van der Waals surface area contributed by atoms with E-state index in [0.717, 1.165) is 42.5 Å². The maximum atomic E-state index is 12.7. The first-order valence-corrected chi connectivity index (χ1v) is 8.04. The molecule has 1 fully saturated rings. The van der Waals surface area contributed by atoms with Gasteiger partial charge in [-0.25, -0.2) is 0 Å². The standard InChI is InChI=1S/C18H24N2O/c1-3-18(4-2)9-11-20(12-10-18)17(21)16-13-14-7-5-6-8-15(14)19-16/h5-8,13,19H,3-4,9-12H2,1-2H3. The lowest BCUT2D eigenvalue weighted by Gasteiger charge is -2.40. The summed E-state index contributed by atoms with van der Waals surface area (Å²) in [5.74, 6) is 0.145. The van der Waals surface area contributed by atoms with Crippen LogP contribution in [0.4, 0.5) is 0 Å². The Labute approximate surface area is 126 Å².